The first kappa shape index (κ1) is 13.9. The van der Waals surface area contributed by atoms with Crippen LogP contribution in [0.4, 0.5) is 0 Å². The van der Waals surface area contributed by atoms with Crippen molar-refractivity contribution in [3.63, 3.8) is 0 Å². The van der Waals surface area contributed by atoms with Gasteiger partial charge >= 0.3 is 0 Å². The zero-order chi connectivity index (χ0) is 15.8. The molecule has 0 saturated carbocycles. The number of piperidine rings is 1. The third-order valence-electron chi connectivity index (χ3n) is 4.49. The van der Waals surface area contributed by atoms with Gasteiger partial charge in [0, 0.05) is 31.4 Å². The second kappa shape index (κ2) is 5.49. The predicted octanol–water partition coefficient (Wildman–Crippen LogP) is 1.71. The lowest BCUT2D eigenvalue weighted by Gasteiger charge is -2.31. The van der Waals surface area contributed by atoms with Crippen LogP contribution in [-0.4, -0.2) is 48.9 Å². The maximum absolute atomic E-state index is 12.9. The van der Waals surface area contributed by atoms with E-state index in [4.69, 9.17) is 0 Å². The molecule has 1 saturated heterocycles. The van der Waals surface area contributed by atoms with Crippen LogP contribution in [0.5, 0.6) is 0 Å². The number of rotatable bonds is 2. The number of hydrogen-bond donors (Lipinski definition) is 1. The second-order valence-electron chi connectivity index (χ2n) is 6.01. The summed E-state index contributed by atoms with van der Waals surface area (Å²) in [4.78, 5) is 14.8. The van der Waals surface area contributed by atoms with E-state index in [1.807, 2.05) is 40.8 Å². The molecule has 1 N–H and O–H groups in total. The number of likely N-dealkylation sites (tertiary alicyclic amines) is 1. The summed E-state index contributed by atoms with van der Waals surface area (Å²) in [5.74, 6) is 1.15. The van der Waals surface area contributed by atoms with E-state index < -0.39 is 0 Å². The molecule has 23 heavy (non-hydrogen) atoms. The molecule has 1 aromatic carbocycles. The molecule has 7 nitrogen and oxygen atoms in total. The predicted molar refractivity (Wildman–Crippen MR) is 85.0 cm³/mol. The second-order valence-corrected chi connectivity index (χ2v) is 6.01. The van der Waals surface area contributed by atoms with Gasteiger partial charge in [0.1, 0.15) is 12.2 Å². The van der Waals surface area contributed by atoms with Gasteiger partial charge in [0.05, 0.1) is 5.52 Å². The molecular weight excluding hydrogens is 292 g/mol. The number of fused-ring (bicyclic) bond motifs is 1. The van der Waals surface area contributed by atoms with Crippen LogP contribution in [0.3, 0.4) is 0 Å². The molecule has 3 heterocycles. The summed E-state index contributed by atoms with van der Waals surface area (Å²) in [5, 5.41) is 16.2. The molecule has 0 bridgehead atoms. The Labute approximate surface area is 133 Å². The molecule has 0 aliphatic carbocycles. The summed E-state index contributed by atoms with van der Waals surface area (Å²) in [5.41, 5.74) is 1.39. The number of aromatic amines is 1. The zero-order valence-corrected chi connectivity index (χ0v) is 12.9. The van der Waals surface area contributed by atoms with Crippen molar-refractivity contribution in [1.82, 2.24) is 29.9 Å². The fraction of sp³-hybridized carbons (Fsp3) is 0.375. The lowest BCUT2D eigenvalue weighted by atomic mass is 9.96. The number of hydrogen-bond acceptors (Lipinski definition) is 4. The first-order valence-electron chi connectivity index (χ1n) is 7.80. The van der Waals surface area contributed by atoms with E-state index in [2.05, 4.69) is 20.4 Å². The van der Waals surface area contributed by atoms with Crippen LogP contribution in [0, 0.1) is 0 Å². The van der Waals surface area contributed by atoms with Crippen molar-refractivity contribution >= 4 is 16.8 Å². The Morgan fingerprint density at radius 1 is 1.35 bits per heavy atom. The van der Waals surface area contributed by atoms with Crippen LogP contribution < -0.4 is 0 Å². The van der Waals surface area contributed by atoms with E-state index in [0.717, 1.165) is 36.1 Å². The van der Waals surface area contributed by atoms with E-state index in [-0.39, 0.29) is 11.8 Å². The van der Waals surface area contributed by atoms with Crippen molar-refractivity contribution in [1.29, 1.82) is 0 Å². The van der Waals surface area contributed by atoms with Gasteiger partial charge in [0.2, 0.25) is 0 Å². The zero-order valence-electron chi connectivity index (χ0n) is 12.9. The summed E-state index contributed by atoms with van der Waals surface area (Å²) in [6.45, 7) is 1.42. The van der Waals surface area contributed by atoms with Gasteiger partial charge < -0.3 is 9.47 Å². The molecule has 3 aromatic rings. The molecule has 1 fully saturated rings. The topological polar surface area (TPSA) is 79.7 Å². The minimum atomic E-state index is -0.0191. The molecule has 2 aromatic heterocycles. The number of benzene rings is 1. The first-order chi connectivity index (χ1) is 11.2. The molecular formula is C16H18N6O. The van der Waals surface area contributed by atoms with Gasteiger partial charge in [-0.1, -0.05) is 18.2 Å². The molecule has 0 radical (unpaired) electrons. The Kier molecular flexibility index (Phi) is 3.33. The Hall–Kier alpha value is -2.70. The highest BCUT2D eigenvalue weighted by Crippen LogP contribution is 2.27. The molecule has 1 atom stereocenters. The van der Waals surface area contributed by atoms with Gasteiger partial charge in [-0.2, -0.15) is 5.10 Å². The maximum atomic E-state index is 12.9. The molecule has 118 valence electrons. The van der Waals surface area contributed by atoms with Crippen LogP contribution in [0.1, 0.15) is 35.1 Å². The van der Waals surface area contributed by atoms with E-state index in [1.165, 1.54) is 0 Å². The summed E-state index contributed by atoms with van der Waals surface area (Å²) < 4.78 is 1.93. The van der Waals surface area contributed by atoms with Crippen LogP contribution in [0.2, 0.25) is 0 Å². The number of carbonyl (C=O) groups is 1. The minimum absolute atomic E-state index is 0.0191. The van der Waals surface area contributed by atoms with Crippen LogP contribution in [-0.2, 0) is 7.05 Å². The molecule has 7 heteroatoms. The molecule has 0 spiro atoms. The summed E-state index contributed by atoms with van der Waals surface area (Å²) in [6.07, 6.45) is 3.70. The van der Waals surface area contributed by atoms with Crippen molar-refractivity contribution in [3.05, 3.63) is 42.1 Å². The third-order valence-corrected chi connectivity index (χ3v) is 4.49. The van der Waals surface area contributed by atoms with E-state index in [9.17, 15) is 4.79 Å². The standard InChI is InChI=1S/C16H18N6O/c1-21-10-17-20-15(21)11-5-4-8-22(9-11)16(23)14-12-6-2-3-7-13(12)18-19-14/h2-3,6-7,10-11H,4-5,8-9H2,1H3,(H,18,19). The Morgan fingerprint density at radius 3 is 3.04 bits per heavy atom. The van der Waals surface area contributed by atoms with Gasteiger partial charge in [0.15, 0.2) is 5.69 Å². The average Bonchev–Trinajstić information content (AvgIpc) is 3.20. The Bertz CT molecular complexity index is 851. The van der Waals surface area contributed by atoms with Gasteiger partial charge in [-0.05, 0) is 18.9 Å². The Balaban J connectivity index is 1.60. The quantitative estimate of drug-likeness (QED) is 0.781. The molecule has 1 unspecified atom stereocenters. The largest absolute Gasteiger partial charge is 0.337 e. The van der Waals surface area contributed by atoms with Crippen molar-refractivity contribution in [3.8, 4) is 0 Å². The maximum Gasteiger partial charge on any atom is 0.275 e. The van der Waals surface area contributed by atoms with Gasteiger partial charge in [0.25, 0.3) is 5.91 Å². The highest BCUT2D eigenvalue weighted by atomic mass is 16.2. The van der Waals surface area contributed by atoms with Gasteiger partial charge in [-0.25, -0.2) is 0 Å². The van der Waals surface area contributed by atoms with Gasteiger partial charge in [-0.15, -0.1) is 10.2 Å². The highest BCUT2D eigenvalue weighted by molar-refractivity contribution is 6.04. The lowest BCUT2D eigenvalue weighted by molar-refractivity contribution is 0.0699. The van der Waals surface area contributed by atoms with E-state index >= 15 is 0 Å². The number of nitrogens with one attached hydrogen (secondary N) is 1. The average molecular weight is 310 g/mol. The third kappa shape index (κ3) is 2.38. The monoisotopic (exact) mass is 310 g/mol. The Morgan fingerprint density at radius 2 is 2.22 bits per heavy atom. The summed E-state index contributed by atoms with van der Waals surface area (Å²) in [6, 6.07) is 7.71. The van der Waals surface area contributed by atoms with Crippen molar-refractivity contribution in [2.45, 2.75) is 18.8 Å². The molecule has 1 amide bonds. The fourth-order valence-electron chi connectivity index (χ4n) is 3.31. The number of nitrogens with zero attached hydrogens (tertiary/aromatic N) is 5. The molecule has 4 rings (SSSR count). The highest BCUT2D eigenvalue weighted by Gasteiger charge is 2.29. The molecule has 1 aliphatic rings. The number of carbonyl (C=O) groups excluding carboxylic acids is 1. The SMILES string of the molecule is Cn1cnnc1C1CCCN(C(=O)c2n[nH]c3ccccc23)C1. The normalized spacial score (nSPS) is 18.5. The van der Waals surface area contributed by atoms with Crippen molar-refractivity contribution < 1.29 is 4.79 Å². The fourth-order valence-corrected chi connectivity index (χ4v) is 3.31. The van der Waals surface area contributed by atoms with E-state index in [0.29, 0.717) is 12.2 Å². The number of H-pyrrole nitrogens is 1. The molecule has 1 aliphatic heterocycles. The lowest BCUT2D eigenvalue weighted by Crippen LogP contribution is -2.40. The number of para-hydroxylation sites is 1. The summed E-state index contributed by atoms with van der Waals surface area (Å²) in [7, 11) is 1.94. The number of aryl methyl sites for hydroxylation is 1. The van der Waals surface area contributed by atoms with Gasteiger partial charge in [-0.3, -0.25) is 9.89 Å². The van der Waals surface area contributed by atoms with Crippen LogP contribution in [0.15, 0.2) is 30.6 Å². The minimum Gasteiger partial charge on any atom is -0.337 e. The van der Waals surface area contributed by atoms with Crippen molar-refractivity contribution in [2.75, 3.05) is 13.1 Å². The van der Waals surface area contributed by atoms with E-state index in [1.54, 1.807) is 6.33 Å². The summed E-state index contributed by atoms with van der Waals surface area (Å²) >= 11 is 0. The van der Waals surface area contributed by atoms with Crippen molar-refractivity contribution in [2.24, 2.45) is 7.05 Å². The smallest absolute Gasteiger partial charge is 0.275 e. The number of amides is 1. The number of aromatic nitrogens is 5. The first-order valence-corrected chi connectivity index (χ1v) is 7.80. The van der Waals surface area contributed by atoms with Crippen LogP contribution >= 0.6 is 0 Å². The van der Waals surface area contributed by atoms with Crippen LogP contribution in [0.25, 0.3) is 10.9 Å².